The molecule has 0 spiro atoms. The van der Waals surface area contributed by atoms with E-state index in [0.717, 1.165) is 60.7 Å². The molecule has 49 heavy (non-hydrogen) atoms. The van der Waals surface area contributed by atoms with E-state index in [1.54, 1.807) is 24.8 Å². The highest BCUT2D eigenvalue weighted by Crippen LogP contribution is 2.33. The lowest BCUT2D eigenvalue weighted by Gasteiger charge is -2.29. The van der Waals surface area contributed by atoms with Crippen LogP contribution >= 0.6 is 0 Å². The van der Waals surface area contributed by atoms with E-state index in [4.69, 9.17) is 5.11 Å². The molecule has 0 saturated carbocycles. The second kappa shape index (κ2) is 15.7. The van der Waals surface area contributed by atoms with Crippen molar-refractivity contribution in [3.63, 3.8) is 0 Å². The SMILES string of the molecule is C1CNC1.Cc1cc(-c2ncn(/C=C\C(=O)N3CCC3)n2)cc(C(F)(F)F)c1.Cc1cc(-c2ncn(/C=C\C(=O)O)n2)cc(C(F)(F)F)c1. The summed E-state index contributed by atoms with van der Waals surface area (Å²) in [7, 11) is 0. The van der Waals surface area contributed by atoms with Gasteiger partial charge in [0.15, 0.2) is 11.6 Å². The van der Waals surface area contributed by atoms with Crippen LogP contribution in [0.2, 0.25) is 0 Å². The Hall–Kier alpha value is -5.32. The van der Waals surface area contributed by atoms with E-state index in [2.05, 4.69) is 25.5 Å². The molecule has 4 aromatic rings. The van der Waals surface area contributed by atoms with Gasteiger partial charge < -0.3 is 15.3 Å². The molecule has 0 unspecified atom stereocenters. The minimum absolute atomic E-state index is 0.0826. The average molecular weight is 691 g/mol. The molecule has 2 saturated heterocycles. The van der Waals surface area contributed by atoms with Gasteiger partial charge in [-0.3, -0.25) is 4.79 Å². The van der Waals surface area contributed by atoms with Crippen LogP contribution in [0.1, 0.15) is 35.1 Å². The largest absolute Gasteiger partial charge is 0.478 e. The number of benzene rings is 2. The lowest BCUT2D eigenvalue weighted by Crippen LogP contribution is -2.41. The van der Waals surface area contributed by atoms with Gasteiger partial charge in [0, 0.05) is 48.8 Å². The number of hydrogen-bond donors (Lipinski definition) is 2. The third-order valence-electron chi connectivity index (χ3n) is 6.96. The minimum Gasteiger partial charge on any atom is -0.478 e. The van der Waals surface area contributed by atoms with Crippen LogP contribution in [0.4, 0.5) is 26.3 Å². The number of likely N-dealkylation sites (tertiary alicyclic amines) is 1. The Morgan fingerprint density at radius 3 is 1.51 bits per heavy atom. The van der Waals surface area contributed by atoms with Crippen molar-refractivity contribution in [3.8, 4) is 22.8 Å². The van der Waals surface area contributed by atoms with Crippen molar-refractivity contribution in [2.45, 2.75) is 39.0 Å². The van der Waals surface area contributed by atoms with Crippen molar-refractivity contribution in [3.05, 3.63) is 83.5 Å². The van der Waals surface area contributed by atoms with Gasteiger partial charge in [0.05, 0.1) is 11.1 Å². The number of rotatable bonds is 6. The van der Waals surface area contributed by atoms with Gasteiger partial charge in [-0.15, -0.1) is 10.2 Å². The highest BCUT2D eigenvalue weighted by atomic mass is 19.4. The number of aromatic nitrogens is 6. The fourth-order valence-corrected chi connectivity index (χ4v) is 4.21. The number of carbonyl (C=O) groups excluding carboxylic acids is 1. The van der Waals surface area contributed by atoms with E-state index < -0.39 is 29.4 Å². The molecule has 0 radical (unpaired) electrons. The predicted octanol–water partition coefficient (Wildman–Crippen LogP) is 5.78. The van der Waals surface area contributed by atoms with Gasteiger partial charge in [-0.25, -0.2) is 24.1 Å². The second-order valence-corrected chi connectivity index (χ2v) is 11.0. The molecule has 0 aliphatic carbocycles. The van der Waals surface area contributed by atoms with E-state index >= 15 is 0 Å². The molecular formula is C32H32F6N8O3. The maximum absolute atomic E-state index is 12.9. The number of carboxylic acids is 1. The van der Waals surface area contributed by atoms with Crippen molar-refractivity contribution < 1.29 is 41.0 Å². The molecule has 2 fully saturated rings. The van der Waals surface area contributed by atoms with Gasteiger partial charge in [-0.2, -0.15) is 26.3 Å². The Balaban J connectivity index is 0.000000199. The predicted molar refractivity (Wildman–Crippen MR) is 167 cm³/mol. The molecule has 6 rings (SSSR count). The van der Waals surface area contributed by atoms with Gasteiger partial charge in [0.1, 0.15) is 12.7 Å². The van der Waals surface area contributed by atoms with Crippen LogP contribution in [-0.4, -0.2) is 77.6 Å². The number of aryl methyl sites for hydroxylation is 2. The number of carboxylic acid groups (broad SMARTS) is 1. The quantitative estimate of drug-likeness (QED) is 0.192. The zero-order chi connectivity index (χ0) is 35.8. The lowest BCUT2D eigenvalue weighted by molar-refractivity contribution is -0.138. The fraction of sp³-hybridized carbons (Fsp3) is 0.312. The third kappa shape index (κ3) is 10.9. The molecule has 2 aliphatic rings. The van der Waals surface area contributed by atoms with Crippen molar-refractivity contribution in [1.29, 1.82) is 0 Å². The summed E-state index contributed by atoms with van der Waals surface area (Å²) in [5, 5.41) is 19.6. The average Bonchev–Trinajstić information content (AvgIpc) is 3.62. The smallest absolute Gasteiger partial charge is 0.416 e. The van der Waals surface area contributed by atoms with Crippen LogP contribution in [0, 0.1) is 13.8 Å². The summed E-state index contributed by atoms with van der Waals surface area (Å²) in [6.45, 7) is 7.12. The minimum atomic E-state index is -4.45. The first-order valence-corrected chi connectivity index (χ1v) is 14.9. The van der Waals surface area contributed by atoms with E-state index in [0.29, 0.717) is 11.1 Å². The van der Waals surface area contributed by atoms with Crippen molar-refractivity contribution in [1.82, 2.24) is 39.7 Å². The summed E-state index contributed by atoms with van der Waals surface area (Å²) in [6, 6.07) is 7.19. The summed E-state index contributed by atoms with van der Waals surface area (Å²) in [6.07, 6.45) is 0.873. The highest BCUT2D eigenvalue weighted by Gasteiger charge is 2.32. The molecule has 4 heterocycles. The van der Waals surface area contributed by atoms with Crippen LogP contribution in [-0.2, 0) is 21.9 Å². The second-order valence-electron chi connectivity index (χ2n) is 11.0. The summed E-state index contributed by atoms with van der Waals surface area (Å²) in [5.41, 5.74) is -0.127. The first-order chi connectivity index (χ1) is 23.1. The highest BCUT2D eigenvalue weighted by molar-refractivity contribution is 5.90. The van der Waals surface area contributed by atoms with Crippen LogP contribution < -0.4 is 5.32 Å². The summed E-state index contributed by atoms with van der Waals surface area (Å²) < 4.78 is 79.4. The maximum Gasteiger partial charge on any atom is 0.416 e. The Morgan fingerprint density at radius 2 is 1.16 bits per heavy atom. The van der Waals surface area contributed by atoms with E-state index in [1.165, 1.54) is 55.2 Å². The molecule has 0 atom stereocenters. The molecular weight excluding hydrogens is 658 g/mol. The number of alkyl halides is 6. The number of carbonyl (C=O) groups is 2. The van der Waals surface area contributed by atoms with Gasteiger partial charge in [-0.05, 0) is 87.3 Å². The Morgan fingerprint density at radius 1 is 0.735 bits per heavy atom. The Labute approximate surface area is 276 Å². The number of nitrogens with one attached hydrogen (secondary N) is 1. The molecule has 1 amide bonds. The van der Waals surface area contributed by atoms with Gasteiger partial charge in [0.2, 0.25) is 5.91 Å². The summed E-state index contributed by atoms with van der Waals surface area (Å²) in [5.74, 6) is -1.03. The Bertz CT molecular complexity index is 1820. The first kappa shape index (κ1) is 36.5. The van der Waals surface area contributed by atoms with E-state index in [9.17, 15) is 35.9 Å². The van der Waals surface area contributed by atoms with Crippen LogP contribution in [0.25, 0.3) is 35.2 Å². The number of nitrogens with zero attached hydrogens (tertiary/aromatic N) is 7. The molecule has 2 aromatic carbocycles. The van der Waals surface area contributed by atoms with Gasteiger partial charge >= 0.3 is 18.3 Å². The molecule has 17 heteroatoms. The van der Waals surface area contributed by atoms with Gasteiger partial charge in [-0.1, -0.05) is 0 Å². The van der Waals surface area contributed by atoms with Crippen LogP contribution in [0.5, 0.6) is 0 Å². The van der Waals surface area contributed by atoms with Crippen LogP contribution in [0.3, 0.4) is 0 Å². The molecule has 11 nitrogen and oxygen atoms in total. The number of aliphatic carboxylic acids is 1. The fourth-order valence-electron chi connectivity index (χ4n) is 4.21. The van der Waals surface area contributed by atoms with E-state index in [-0.39, 0.29) is 28.7 Å². The first-order valence-electron chi connectivity index (χ1n) is 14.9. The monoisotopic (exact) mass is 690 g/mol. The number of amides is 1. The zero-order valence-electron chi connectivity index (χ0n) is 26.3. The van der Waals surface area contributed by atoms with Gasteiger partial charge in [0.25, 0.3) is 0 Å². The number of hydrogen-bond acceptors (Lipinski definition) is 7. The Kier molecular flexibility index (Phi) is 11.7. The maximum atomic E-state index is 12.9. The normalized spacial score (nSPS) is 14.4. The molecule has 0 bridgehead atoms. The molecule has 2 aliphatic heterocycles. The third-order valence-corrected chi connectivity index (χ3v) is 6.96. The summed E-state index contributed by atoms with van der Waals surface area (Å²) in [4.78, 5) is 31.7. The van der Waals surface area contributed by atoms with Crippen molar-refractivity contribution >= 4 is 24.3 Å². The van der Waals surface area contributed by atoms with Crippen LogP contribution in [0.15, 0.2) is 61.2 Å². The topological polar surface area (TPSA) is 131 Å². The molecule has 2 N–H and O–H groups in total. The molecule has 2 aromatic heterocycles. The number of halogens is 6. The summed E-state index contributed by atoms with van der Waals surface area (Å²) >= 11 is 0. The zero-order valence-corrected chi connectivity index (χ0v) is 26.3. The standard InChI is InChI=1S/C16H15F3N4O.C13H10F3N3O2.C3H7N/c1-11-7-12(9-13(8-11)16(17,18)19)15-20-10-23(21-15)6-3-14(24)22-4-2-5-22;1-8-4-9(6-10(5-8)13(14,15)16)12-17-7-19(18-12)3-2-11(20)21;1-2-4-3-1/h3,6-10H,2,4-5H2,1H3;2-7H,1H3,(H,20,21);4H,1-3H2/b6-3-;3-2-;. The molecule has 260 valence electrons. The van der Waals surface area contributed by atoms with Crippen molar-refractivity contribution in [2.24, 2.45) is 0 Å². The van der Waals surface area contributed by atoms with E-state index in [1.807, 2.05) is 0 Å². The van der Waals surface area contributed by atoms with Crippen molar-refractivity contribution in [2.75, 3.05) is 26.2 Å². The lowest BCUT2D eigenvalue weighted by atomic mass is 10.1.